The first-order valence-electron chi connectivity index (χ1n) is 12.7. The van der Waals surface area contributed by atoms with Crippen LogP contribution in [-0.2, 0) is 13.2 Å². The van der Waals surface area contributed by atoms with Crippen molar-refractivity contribution in [3.63, 3.8) is 0 Å². The molecule has 192 valence electrons. The molecule has 0 saturated carbocycles. The second-order valence-electron chi connectivity index (χ2n) is 9.54. The summed E-state index contributed by atoms with van der Waals surface area (Å²) in [7, 11) is 0. The van der Waals surface area contributed by atoms with E-state index in [2.05, 4.69) is 0 Å². The molecule has 39 heavy (non-hydrogen) atoms. The number of hydrogen-bond acceptors (Lipinski definition) is 6. The molecule has 4 aromatic carbocycles. The van der Waals surface area contributed by atoms with Gasteiger partial charge in [0.05, 0.1) is 17.0 Å². The van der Waals surface area contributed by atoms with Gasteiger partial charge in [0.2, 0.25) is 12.6 Å². The van der Waals surface area contributed by atoms with Crippen molar-refractivity contribution in [3.8, 4) is 17.2 Å². The summed E-state index contributed by atoms with van der Waals surface area (Å²) in [5.74, 6) is 1.74. The Morgan fingerprint density at radius 3 is 2.41 bits per heavy atom. The summed E-state index contributed by atoms with van der Waals surface area (Å²) in [6, 6.07) is 29.4. The van der Waals surface area contributed by atoms with Crippen molar-refractivity contribution in [1.82, 2.24) is 4.90 Å². The van der Waals surface area contributed by atoms with E-state index in [0.717, 1.165) is 16.7 Å². The average Bonchev–Trinajstić information content (AvgIpc) is 3.55. The van der Waals surface area contributed by atoms with Gasteiger partial charge in [0, 0.05) is 6.54 Å². The molecule has 2 aliphatic rings. The minimum Gasteiger partial charge on any atom is -0.489 e. The molecule has 0 fully saturated rings. The van der Waals surface area contributed by atoms with E-state index in [-0.39, 0.29) is 30.4 Å². The molecular weight excluding hydrogens is 494 g/mol. The topological polar surface area (TPSA) is 78.2 Å². The number of benzene rings is 4. The van der Waals surface area contributed by atoms with Gasteiger partial charge in [-0.2, -0.15) is 0 Å². The molecule has 1 atom stereocenters. The fourth-order valence-electron chi connectivity index (χ4n) is 5.20. The van der Waals surface area contributed by atoms with E-state index >= 15 is 0 Å². The van der Waals surface area contributed by atoms with E-state index < -0.39 is 6.04 Å². The van der Waals surface area contributed by atoms with Gasteiger partial charge < -0.3 is 23.5 Å². The van der Waals surface area contributed by atoms with Crippen LogP contribution in [0.4, 0.5) is 0 Å². The molecule has 0 saturated heterocycles. The third kappa shape index (κ3) is 4.08. The molecule has 5 aromatic rings. The molecular formula is C32H23NO6. The Hall–Kier alpha value is -5.04. The Kier molecular flexibility index (Phi) is 5.55. The number of fused-ring (bicyclic) bond motifs is 3. The number of hydrogen-bond donors (Lipinski definition) is 0. The van der Waals surface area contributed by atoms with Crippen LogP contribution in [-0.4, -0.2) is 17.6 Å². The van der Waals surface area contributed by atoms with Gasteiger partial charge in [-0.25, -0.2) is 0 Å². The van der Waals surface area contributed by atoms with E-state index in [0.29, 0.717) is 40.4 Å². The minimum atomic E-state index is -0.623. The molecule has 0 aliphatic carbocycles. The van der Waals surface area contributed by atoms with Gasteiger partial charge in [0.1, 0.15) is 17.9 Å². The van der Waals surface area contributed by atoms with Crippen molar-refractivity contribution in [2.24, 2.45) is 0 Å². The van der Waals surface area contributed by atoms with Crippen molar-refractivity contribution < 1.29 is 23.4 Å². The first kappa shape index (κ1) is 23.1. The summed E-state index contributed by atoms with van der Waals surface area (Å²) >= 11 is 0. The van der Waals surface area contributed by atoms with Crippen molar-refractivity contribution in [3.05, 3.63) is 135 Å². The van der Waals surface area contributed by atoms with Gasteiger partial charge in [-0.15, -0.1) is 0 Å². The molecule has 7 heteroatoms. The van der Waals surface area contributed by atoms with Crippen molar-refractivity contribution >= 4 is 16.9 Å². The highest BCUT2D eigenvalue weighted by Gasteiger charge is 2.42. The Balaban J connectivity index is 1.27. The highest BCUT2D eigenvalue weighted by Crippen LogP contribution is 2.40. The molecule has 2 aliphatic heterocycles. The number of carbonyl (C=O) groups excluding carboxylic acids is 1. The van der Waals surface area contributed by atoms with Gasteiger partial charge >= 0.3 is 0 Å². The van der Waals surface area contributed by atoms with Gasteiger partial charge in [-0.05, 0) is 53.1 Å². The number of amides is 1. The predicted octanol–water partition coefficient (Wildman–Crippen LogP) is 5.85. The fourth-order valence-corrected chi connectivity index (χ4v) is 5.20. The molecule has 0 spiro atoms. The lowest BCUT2D eigenvalue weighted by Crippen LogP contribution is -2.29. The van der Waals surface area contributed by atoms with Crippen LogP contribution in [0.15, 0.2) is 106 Å². The van der Waals surface area contributed by atoms with E-state index in [1.54, 1.807) is 29.2 Å². The summed E-state index contributed by atoms with van der Waals surface area (Å²) in [5.41, 5.74) is 3.24. The minimum absolute atomic E-state index is 0.0776. The Morgan fingerprint density at radius 2 is 1.56 bits per heavy atom. The van der Waals surface area contributed by atoms with Crippen molar-refractivity contribution in [2.45, 2.75) is 19.2 Å². The number of ether oxygens (including phenoxy) is 3. The predicted molar refractivity (Wildman–Crippen MR) is 144 cm³/mol. The summed E-state index contributed by atoms with van der Waals surface area (Å²) in [5, 5.41) is 0.446. The van der Waals surface area contributed by atoms with Crippen LogP contribution in [0.1, 0.15) is 38.9 Å². The zero-order valence-corrected chi connectivity index (χ0v) is 20.8. The fraction of sp³-hybridized carbons (Fsp3) is 0.125. The lowest BCUT2D eigenvalue weighted by Gasteiger charge is -2.25. The standard InChI is InChI=1S/C32H23NO6/c34-30-24-8-4-5-9-25(24)39-31-28(30)29(22-11-13-23(14-12-22)36-18-20-6-2-1-3-7-20)33(32(31)35)17-21-10-15-26-27(16-21)38-19-37-26/h1-16,29H,17-19H2. The van der Waals surface area contributed by atoms with Gasteiger partial charge in [0.25, 0.3) is 5.91 Å². The molecule has 1 aromatic heterocycles. The Labute approximate surface area is 223 Å². The Morgan fingerprint density at radius 1 is 0.795 bits per heavy atom. The van der Waals surface area contributed by atoms with Crippen LogP contribution < -0.4 is 19.6 Å². The van der Waals surface area contributed by atoms with E-state index in [9.17, 15) is 9.59 Å². The lowest BCUT2D eigenvalue weighted by atomic mass is 9.98. The van der Waals surface area contributed by atoms with Crippen molar-refractivity contribution in [1.29, 1.82) is 0 Å². The monoisotopic (exact) mass is 517 g/mol. The highest BCUT2D eigenvalue weighted by atomic mass is 16.7. The zero-order valence-electron chi connectivity index (χ0n) is 20.8. The summed E-state index contributed by atoms with van der Waals surface area (Å²) < 4.78 is 23.0. The maximum absolute atomic E-state index is 13.8. The first-order chi connectivity index (χ1) is 19.2. The number of carbonyl (C=O) groups is 1. The summed E-state index contributed by atoms with van der Waals surface area (Å²) in [6.45, 7) is 0.863. The van der Waals surface area contributed by atoms with Gasteiger partial charge in [-0.3, -0.25) is 9.59 Å². The van der Waals surface area contributed by atoms with Crippen LogP contribution in [0.25, 0.3) is 11.0 Å². The van der Waals surface area contributed by atoms with Crippen LogP contribution in [0.2, 0.25) is 0 Å². The molecule has 0 N–H and O–H groups in total. The lowest BCUT2D eigenvalue weighted by molar-refractivity contribution is 0.0714. The summed E-state index contributed by atoms with van der Waals surface area (Å²) in [4.78, 5) is 29.2. The van der Waals surface area contributed by atoms with Gasteiger partial charge in [0.15, 0.2) is 16.9 Å². The molecule has 0 radical (unpaired) electrons. The molecule has 1 amide bonds. The third-order valence-corrected chi connectivity index (χ3v) is 7.11. The molecule has 7 rings (SSSR count). The second kappa shape index (κ2) is 9.36. The average molecular weight is 518 g/mol. The number of nitrogens with zero attached hydrogens (tertiary/aromatic N) is 1. The zero-order chi connectivity index (χ0) is 26.3. The largest absolute Gasteiger partial charge is 0.489 e. The van der Waals surface area contributed by atoms with E-state index in [4.69, 9.17) is 18.6 Å². The molecule has 0 bridgehead atoms. The first-order valence-corrected chi connectivity index (χ1v) is 12.7. The SMILES string of the molecule is O=C1c2oc3ccccc3c(=O)c2C(c2ccc(OCc3ccccc3)cc2)N1Cc1ccc2c(c1)OCO2. The maximum atomic E-state index is 13.8. The highest BCUT2D eigenvalue weighted by molar-refractivity contribution is 5.99. The van der Waals surface area contributed by atoms with Crippen LogP contribution >= 0.6 is 0 Å². The van der Waals surface area contributed by atoms with Crippen LogP contribution in [0, 0.1) is 0 Å². The number of para-hydroxylation sites is 1. The third-order valence-electron chi connectivity index (χ3n) is 7.11. The van der Waals surface area contributed by atoms with E-state index in [1.165, 1.54) is 0 Å². The number of rotatable bonds is 6. The summed E-state index contributed by atoms with van der Waals surface area (Å²) in [6.07, 6.45) is 0. The second-order valence-corrected chi connectivity index (χ2v) is 9.54. The molecule has 1 unspecified atom stereocenters. The smallest absolute Gasteiger partial charge is 0.291 e. The van der Waals surface area contributed by atoms with Crippen LogP contribution in [0.3, 0.4) is 0 Å². The maximum Gasteiger partial charge on any atom is 0.291 e. The Bertz CT molecular complexity index is 1760. The molecule has 3 heterocycles. The normalized spacial score (nSPS) is 15.5. The van der Waals surface area contributed by atoms with Crippen LogP contribution in [0.5, 0.6) is 17.2 Å². The van der Waals surface area contributed by atoms with Gasteiger partial charge in [-0.1, -0.05) is 60.7 Å². The van der Waals surface area contributed by atoms with Crippen molar-refractivity contribution in [2.75, 3.05) is 6.79 Å². The van der Waals surface area contributed by atoms with E-state index in [1.807, 2.05) is 72.8 Å². The molecule has 7 nitrogen and oxygen atoms in total. The quantitative estimate of drug-likeness (QED) is 0.281.